The van der Waals surface area contributed by atoms with Gasteiger partial charge < -0.3 is 28.9 Å². The molecule has 0 unspecified atom stereocenters. The first kappa shape index (κ1) is 99.2. The van der Waals surface area contributed by atoms with Crippen LogP contribution in [-0.2, 0) is 21.7 Å². The van der Waals surface area contributed by atoms with Gasteiger partial charge in [0.2, 0.25) is 0 Å². The number of rotatable bonds is 21. The van der Waals surface area contributed by atoms with E-state index in [1.54, 1.807) is 22.7 Å². The number of hydrogen-bond donors (Lipinski definition) is 1. The van der Waals surface area contributed by atoms with E-state index >= 15 is 0 Å². The smallest absolute Gasteiger partial charge is 0.179 e. The van der Waals surface area contributed by atoms with Crippen LogP contribution in [0.4, 0.5) is 62.6 Å². The van der Waals surface area contributed by atoms with Crippen molar-refractivity contribution in [2.75, 3.05) is 20.0 Å². The monoisotopic (exact) mass is 2000 g/mol. The van der Waals surface area contributed by atoms with Crippen LogP contribution in [0.25, 0.3) is 64.8 Å². The first-order chi connectivity index (χ1) is 71.0. The number of nitrogens with one attached hydrogen (secondary N) is 1. The standard InChI is InChI=1S/C68H62N2OSSi.C47H42ClNSi.C21H21NOS/c1-47-41-53(45-54(42-47)70(61-39-33-50(43-48(61)2)67(3,4)5)63-46-72-66-59-31-21-22-32-64(59)71-65(63)66)69(62-40-34-51(68(6,7)8)44-60(62)49-23-13-9-14-24-49)52-35-37-58(38-36-52)73(55-25-15-10-16-26-55,56-27-17-11-18-28-56)57-29-19-12-20-30-57;1-35-31-38(48)34-40(32-35)49(46-30-25-37(47(2,3)4)33-45(46)36-17-9-5-10-18-36)39-26-28-44(29-27-39)50(41-19-11-6-12-20-41,42-21-13-7-14-22-42)43-23-15-8-16-24-43;1-13-11-14(21(2,3)4)9-10-16(13)22-17-12-24-20-15-7-5-6-8-18(15)23-19(17)20/h9-46H,1-8H3;5-34H,1-4H3;5-12,22H,1-4H3. The van der Waals surface area contributed by atoms with Crippen LogP contribution in [0, 0.1) is 27.7 Å². The first-order valence-electron chi connectivity index (χ1n) is 51.0. The molecule has 1 N–H and O–H groups in total. The zero-order valence-electron chi connectivity index (χ0n) is 86.7. The van der Waals surface area contributed by atoms with E-state index in [1.807, 2.05) is 18.2 Å². The Labute approximate surface area is 882 Å². The van der Waals surface area contributed by atoms with Gasteiger partial charge in [-0.1, -0.05) is 422 Å². The Bertz CT molecular complexity index is 8180. The Morgan fingerprint density at radius 3 is 0.946 bits per heavy atom. The molecule has 0 aliphatic rings. The maximum Gasteiger partial charge on any atom is 0.179 e. The summed E-state index contributed by atoms with van der Waals surface area (Å²) in [5, 5.41) is 21.8. The second kappa shape index (κ2) is 41.4. The first-order valence-corrected chi connectivity index (χ1v) is 57.1. The molecular formula is C136H125ClN4O2S2Si2. The quantitative estimate of drug-likeness (QED) is 0.0571. The van der Waals surface area contributed by atoms with E-state index in [2.05, 4.69) is 572 Å². The van der Waals surface area contributed by atoms with Crippen LogP contribution in [0.15, 0.2) is 469 Å². The average molecular weight is 2000 g/mol. The summed E-state index contributed by atoms with van der Waals surface area (Å²) in [6, 6.07) is 165. The minimum absolute atomic E-state index is 0.000501. The molecule has 4 aromatic heterocycles. The van der Waals surface area contributed by atoms with Gasteiger partial charge in [-0.25, -0.2) is 0 Å². The van der Waals surface area contributed by atoms with Crippen LogP contribution in [0.1, 0.15) is 128 Å². The van der Waals surface area contributed by atoms with E-state index in [-0.39, 0.29) is 21.7 Å². The number of hydrogen-bond acceptors (Lipinski definition) is 8. The summed E-state index contributed by atoms with van der Waals surface area (Å²) >= 11 is 10.3. The zero-order chi connectivity index (χ0) is 102. The van der Waals surface area contributed by atoms with Crippen LogP contribution in [0.5, 0.6) is 0 Å². The summed E-state index contributed by atoms with van der Waals surface area (Å²) in [6.45, 7) is 36.0. The van der Waals surface area contributed by atoms with E-state index in [9.17, 15) is 0 Å². The number of furan rings is 2. The predicted molar refractivity (Wildman–Crippen MR) is 640 cm³/mol. The zero-order valence-corrected chi connectivity index (χ0v) is 91.1. The fraction of sp³-hybridized carbons (Fsp3) is 0.147. The molecule has 0 atom stereocenters. The molecule has 147 heavy (non-hydrogen) atoms. The Morgan fingerprint density at radius 2 is 0.565 bits per heavy atom. The van der Waals surface area contributed by atoms with Gasteiger partial charge in [-0.3, -0.25) is 0 Å². The average Bonchev–Trinajstić information content (AvgIpc) is 1.73. The Hall–Kier alpha value is -15.1. The summed E-state index contributed by atoms with van der Waals surface area (Å²) in [4.78, 5) is 7.29. The molecule has 0 saturated carbocycles. The number of thiophene rings is 2. The van der Waals surface area contributed by atoms with Crippen molar-refractivity contribution in [3.8, 4) is 22.3 Å². The van der Waals surface area contributed by atoms with Crippen LogP contribution in [0.2, 0.25) is 5.02 Å². The third-order valence-electron chi connectivity index (χ3n) is 28.6. The summed E-state index contributed by atoms with van der Waals surface area (Å²) in [7, 11) is -5.46. The van der Waals surface area contributed by atoms with Gasteiger partial charge in [0.15, 0.2) is 27.3 Å². The minimum atomic E-state index is -2.80. The van der Waals surface area contributed by atoms with Crippen molar-refractivity contribution >= 4 is 197 Å². The van der Waals surface area contributed by atoms with Crippen LogP contribution >= 0.6 is 34.3 Å². The van der Waals surface area contributed by atoms with E-state index in [0.717, 1.165) is 111 Å². The maximum absolute atomic E-state index is 6.81. The largest absolute Gasteiger partial charge is 0.453 e. The van der Waals surface area contributed by atoms with Gasteiger partial charge in [0.1, 0.15) is 16.9 Å². The van der Waals surface area contributed by atoms with Gasteiger partial charge in [-0.15, -0.1) is 22.7 Å². The van der Waals surface area contributed by atoms with Crippen molar-refractivity contribution < 1.29 is 8.83 Å². The predicted octanol–water partition coefficient (Wildman–Crippen LogP) is 34.3. The Balaban J connectivity index is 0.000000152. The van der Waals surface area contributed by atoms with Gasteiger partial charge in [-0.2, -0.15) is 0 Å². The molecule has 6 nitrogen and oxygen atoms in total. The number of halogens is 1. The highest BCUT2D eigenvalue weighted by molar-refractivity contribution is 7.21. The minimum Gasteiger partial charge on any atom is -0.453 e. The fourth-order valence-electron chi connectivity index (χ4n) is 21.0. The summed E-state index contributed by atoms with van der Waals surface area (Å²) in [5.74, 6) is 0. The second-order valence-electron chi connectivity index (χ2n) is 42.9. The molecule has 18 aromatic carbocycles. The van der Waals surface area contributed by atoms with E-state index in [4.69, 9.17) is 20.4 Å². The maximum atomic E-state index is 6.81. The van der Waals surface area contributed by atoms with Gasteiger partial charge in [-0.05, 0) is 268 Å². The van der Waals surface area contributed by atoms with Crippen molar-refractivity contribution in [3.63, 3.8) is 0 Å². The number of anilines is 11. The normalized spacial score (nSPS) is 12.0. The third kappa shape index (κ3) is 20.1. The molecule has 22 rings (SSSR count). The fourth-order valence-corrected chi connectivity index (χ4v) is 32.8. The molecule has 728 valence electrons. The van der Waals surface area contributed by atoms with Crippen molar-refractivity contribution in [2.45, 2.75) is 132 Å². The van der Waals surface area contributed by atoms with Crippen LogP contribution in [0.3, 0.4) is 0 Å². The second-order valence-corrected chi connectivity index (χ2v) is 52.8. The van der Waals surface area contributed by atoms with E-state index in [1.165, 1.54) is 107 Å². The van der Waals surface area contributed by atoms with Gasteiger partial charge in [0.05, 0.1) is 26.5 Å². The molecule has 0 aliphatic heterocycles. The van der Waals surface area contributed by atoms with Crippen LogP contribution < -0.4 is 61.5 Å². The van der Waals surface area contributed by atoms with Crippen molar-refractivity contribution in [1.82, 2.24) is 0 Å². The molecule has 0 aliphatic carbocycles. The van der Waals surface area contributed by atoms with Crippen molar-refractivity contribution in [1.29, 1.82) is 0 Å². The highest BCUT2D eigenvalue weighted by Crippen LogP contribution is 2.52. The molecule has 0 bridgehead atoms. The van der Waals surface area contributed by atoms with Crippen molar-refractivity contribution in [3.05, 3.63) is 509 Å². The van der Waals surface area contributed by atoms with E-state index in [0.29, 0.717) is 0 Å². The summed E-state index contributed by atoms with van der Waals surface area (Å²) in [6.07, 6.45) is 0. The molecule has 0 fully saturated rings. The molecule has 0 amide bonds. The SMILES string of the molecule is Cc1cc(C(C)(C)C)ccc1Nc1csc2c1oc1ccccc12.Cc1cc(Cl)cc(N(c2ccc([Si](c3ccccc3)(c3ccccc3)c3ccccc3)cc2)c2ccc(C(C)(C)C)cc2-c2ccccc2)c1.Cc1cc(N(c2ccc([Si](c3ccccc3)(c3ccccc3)c3ccccc3)cc2)c2ccc(C(C)(C)C)cc2-c2ccccc2)cc(N(c2ccc(C(C)(C)C)cc2C)c2csc3c2oc2ccccc23)c1. The van der Waals surface area contributed by atoms with Crippen molar-refractivity contribution in [2.24, 2.45) is 0 Å². The summed E-state index contributed by atoms with van der Waals surface area (Å²) in [5.41, 5.74) is 30.3. The van der Waals surface area contributed by atoms with Gasteiger partial charge >= 0.3 is 0 Å². The highest BCUT2D eigenvalue weighted by atomic mass is 35.5. The molecule has 0 radical (unpaired) electrons. The number of benzene rings is 18. The topological polar surface area (TPSA) is 48.0 Å². The number of fused-ring (bicyclic) bond motifs is 6. The van der Waals surface area contributed by atoms with Gasteiger partial charge in [0, 0.05) is 77.5 Å². The lowest BCUT2D eigenvalue weighted by molar-refractivity contribution is 0.589. The third-order valence-corrected chi connectivity index (χ3v) is 40.4. The lowest BCUT2D eigenvalue weighted by Crippen LogP contribution is -2.74. The molecule has 4 heterocycles. The number of aryl methyl sites for hydroxylation is 4. The molecular weight excluding hydrogens is 1880 g/mol. The highest BCUT2D eigenvalue weighted by Gasteiger charge is 2.44. The Morgan fingerprint density at radius 1 is 0.252 bits per heavy atom. The number of para-hydroxylation sites is 2. The number of nitrogens with zero attached hydrogens (tertiary/aromatic N) is 3. The van der Waals surface area contributed by atoms with E-state index < -0.39 is 16.1 Å². The molecule has 11 heteroatoms. The van der Waals surface area contributed by atoms with Crippen LogP contribution in [-0.4, -0.2) is 16.1 Å². The van der Waals surface area contributed by atoms with Gasteiger partial charge in [0.25, 0.3) is 0 Å². The lowest BCUT2D eigenvalue weighted by Gasteiger charge is -2.35. The molecule has 22 aromatic rings. The summed E-state index contributed by atoms with van der Waals surface area (Å²) < 4.78 is 15.2. The lowest BCUT2D eigenvalue weighted by atomic mass is 9.84. The Kier molecular flexibility index (Phi) is 28.0. The molecule has 0 spiro atoms. The molecule has 0 saturated heterocycles.